The highest BCUT2D eigenvalue weighted by Crippen LogP contribution is 2.22. The molecule has 0 unspecified atom stereocenters. The highest BCUT2D eigenvalue weighted by Gasteiger charge is 2.08. The van der Waals surface area contributed by atoms with E-state index in [0.717, 1.165) is 16.9 Å². The fraction of sp³-hybridized carbons (Fsp3) is 0.148. The number of amides is 1. The molecule has 0 saturated heterocycles. The number of aromatic nitrogens is 2. The molecule has 166 valence electrons. The van der Waals surface area contributed by atoms with E-state index in [9.17, 15) is 4.79 Å². The summed E-state index contributed by atoms with van der Waals surface area (Å²) in [5.74, 6) is 1.62. The van der Waals surface area contributed by atoms with Gasteiger partial charge in [-0.1, -0.05) is 50.2 Å². The molecule has 0 saturated carbocycles. The van der Waals surface area contributed by atoms with Crippen LogP contribution in [0.2, 0.25) is 0 Å². The second-order valence-corrected chi connectivity index (χ2v) is 8.04. The summed E-state index contributed by atoms with van der Waals surface area (Å²) < 4.78 is 5.72. The van der Waals surface area contributed by atoms with E-state index in [1.165, 1.54) is 6.33 Å². The van der Waals surface area contributed by atoms with Gasteiger partial charge in [-0.15, -0.1) is 0 Å². The van der Waals surface area contributed by atoms with Crippen LogP contribution in [0.3, 0.4) is 0 Å². The molecular weight excluding hydrogens is 412 g/mol. The normalized spacial score (nSPS) is 10.6. The minimum atomic E-state index is -0.186. The summed E-state index contributed by atoms with van der Waals surface area (Å²) in [6.07, 6.45) is 1.54. The van der Waals surface area contributed by atoms with Crippen LogP contribution in [-0.2, 0) is 0 Å². The summed E-state index contributed by atoms with van der Waals surface area (Å²) in [4.78, 5) is 21.3. The van der Waals surface area contributed by atoms with E-state index >= 15 is 0 Å². The minimum Gasteiger partial charge on any atom is -0.493 e. The second kappa shape index (κ2) is 10.4. The molecule has 0 atom stereocenters. The summed E-state index contributed by atoms with van der Waals surface area (Å²) in [5.41, 5.74) is 3.98. The van der Waals surface area contributed by atoms with Crippen LogP contribution in [0, 0.1) is 5.92 Å². The molecular formula is C27H26N4O2. The third-order valence-corrected chi connectivity index (χ3v) is 4.83. The van der Waals surface area contributed by atoms with Gasteiger partial charge in [-0.25, -0.2) is 9.97 Å². The van der Waals surface area contributed by atoms with E-state index in [4.69, 9.17) is 4.74 Å². The zero-order valence-electron chi connectivity index (χ0n) is 18.7. The lowest BCUT2D eigenvalue weighted by Crippen LogP contribution is -2.12. The highest BCUT2D eigenvalue weighted by atomic mass is 16.5. The van der Waals surface area contributed by atoms with Crippen molar-refractivity contribution in [3.05, 3.63) is 96.8 Å². The molecule has 6 nitrogen and oxygen atoms in total. The van der Waals surface area contributed by atoms with Gasteiger partial charge in [0.15, 0.2) is 0 Å². The summed E-state index contributed by atoms with van der Waals surface area (Å²) in [5, 5.41) is 6.20. The fourth-order valence-electron chi connectivity index (χ4n) is 3.17. The van der Waals surface area contributed by atoms with Crippen molar-refractivity contribution in [1.29, 1.82) is 0 Å². The quantitative estimate of drug-likeness (QED) is 0.344. The second-order valence-electron chi connectivity index (χ2n) is 8.04. The molecule has 6 heteroatoms. The average molecular weight is 439 g/mol. The van der Waals surface area contributed by atoms with E-state index in [0.29, 0.717) is 35.3 Å². The highest BCUT2D eigenvalue weighted by molar-refractivity contribution is 6.04. The van der Waals surface area contributed by atoms with Gasteiger partial charge in [0, 0.05) is 28.6 Å². The van der Waals surface area contributed by atoms with Gasteiger partial charge in [0.2, 0.25) is 0 Å². The van der Waals surface area contributed by atoms with E-state index < -0.39 is 0 Å². The Morgan fingerprint density at radius 3 is 2.39 bits per heavy atom. The largest absolute Gasteiger partial charge is 0.493 e. The van der Waals surface area contributed by atoms with Crippen LogP contribution in [0.15, 0.2) is 91.3 Å². The summed E-state index contributed by atoms with van der Waals surface area (Å²) >= 11 is 0. The summed E-state index contributed by atoms with van der Waals surface area (Å²) in [7, 11) is 0. The third kappa shape index (κ3) is 6.17. The van der Waals surface area contributed by atoms with Gasteiger partial charge in [0.05, 0.1) is 12.3 Å². The van der Waals surface area contributed by atoms with Crippen molar-refractivity contribution in [2.45, 2.75) is 13.8 Å². The van der Waals surface area contributed by atoms with Crippen molar-refractivity contribution in [1.82, 2.24) is 9.97 Å². The molecule has 4 aromatic rings. The maximum atomic E-state index is 12.7. The monoisotopic (exact) mass is 438 g/mol. The molecule has 2 N–H and O–H groups in total. The fourth-order valence-corrected chi connectivity index (χ4v) is 3.17. The topological polar surface area (TPSA) is 76.1 Å². The van der Waals surface area contributed by atoms with Crippen molar-refractivity contribution >= 4 is 23.1 Å². The molecule has 0 aliphatic rings. The Balaban J connectivity index is 1.39. The number of hydrogen-bond donors (Lipinski definition) is 2. The molecule has 3 aromatic carbocycles. The molecule has 4 rings (SSSR count). The first-order valence-corrected chi connectivity index (χ1v) is 10.9. The van der Waals surface area contributed by atoms with Crippen LogP contribution in [0.1, 0.15) is 24.2 Å². The Hall–Kier alpha value is -4.19. The molecule has 1 heterocycles. The SMILES string of the molecule is CC(C)COc1cccc(C(=O)Nc2ccc(Nc3cc(-c4ccccc4)ncn3)cc2)c1. The van der Waals surface area contributed by atoms with Gasteiger partial charge < -0.3 is 15.4 Å². The zero-order valence-corrected chi connectivity index (χ0v) is 18.7. The molecule has 1 aromatic heterocycles. The smallest absolute Gasteiger partial charge is 0.255 e. The third-order valence-electron chi connectivity index (χ3n) is 4.83. The first-order valence-electron chi connectivity index (χ1n) is 10.9. The molecule has 33 heavy (non-hydrogen) atoms. The lowest BCUT2D eigenvalue weighted by Gasteiger charge is -2.11. The van der Waals surface area contributed by atoms with E-state index in [-0.39, 0.29) is 5.91 Å². The first-order chi connectivity index (χ1) is 16.1. The molecule has 0 aliphatic heterocycles. The predicted octanol–water partition coefficient (Wildman–Crippen LogP) is 6.17. The molecule has 0 fully saturated rings. The first kappa shape index (κ1) is 22.0. The lowest BCUT2D eigenvalue weighted by molar-refractivity contribution is 0.102. The number of carbonyl (C=O) groups excluding carboxylic acids is 1. The number of rotatable bonds is 8. The Morgan fingerprint density at radius 2 is 1.64 bits per heavy atom. The maximum absolute atomic E-state index is 12.7. The van der Waals surface area contributed by atoms with E-state index in [1.54, 1.807) is 12.1 Å². The van der Waals surface area contributed by atoms with E-state index in [2.05, 4.69) is 34.4 Å². The van der Waals surface area contributed by atoms with Gasteiger partial charge in [-0.05, 0) is 48.4 Å². The number of carbonyl (C=O) groups is 1. The number of nitrogens with one attached hydrogen (secondary N) is 2. The Kier molecular flexibility index (Phi) is 6.95. The minimum absolute atomic E-state index is 0.186. The summed E-state index contributed by atoms with van der Waals surface area (Å²) in [6, 6.07) is 26.5. The molecule has 0 spiro atoms. The number of nitrogens with zero attached hydrogens (tertiary/aromatic N) is 2. The summed E-state index contributed by atoms with van der Waals surface area (Å²) in [6.45, 7) is 4.78. The van der Waals surface area contributed by atoms with Crippen molar-refractivity contribution in [3.63, 3.8) is 0 Å². The van der Waals surface area contributed by atoms with E-state index in [1.807, 2.05) is 72.8 Å². The van der Waals surface area contributed by atoms with Crippen LogP contribution >= 0.6 is 0 Å². The van der Waals surface area contributed by atoms with Gasteiger partial charge >= 0.3 is 0 Å². The van der Waals surface area contributed by atoms with Crippen molar-refractivity contribution in [3.8, 4) is 17.0 Å². The Bertz CT molecular complexity index is 1210. The van der Waals surface area contributed by atoms with Crippen LogP contribution in [0.25, 0.3) is 11.3 Å². The zero-order chi connectivity index (χ0) is 23.0. The maximum Gasteiger partial charge on any atom is 0.255 e. The number of anilines is 3. The van der Waals surface area contributed by atoms with Crippen LogP contribution < -0.4 is 15.4 Å². The van der Waals surface area contributed by atoms with Crippen LogP contribution in [-0.4, -0.2) is 22.5 Å². The van der Waals surface area contributed by atoms with Crippen molar-refractivity contribution in [2.75, 3.05) is 17.2 Å². The van der Waals surface area contributed by atoms with Crippen molar-refractivity contribution in [2.24, 2.45) is 5.92 Å². The molecule has 0 aliphatic carbocycles. The standard InChI is InChI=1S/C27H26N4O2/c1-19(2)17-33-24-10-6-9-21(15-24)27(32)31-23-13-11-22(12-14-23)30-26-16-25(28-18-29-26)20-7-4-3-5-8-20/h3-16,18-19H,17H2,1-2H3,(H,31,32)(H,28,29,30). The molecule has 0 bridgehead atoms. The number of benzene rings is 3. The van der Waals surface area contributed by atoms with Gasteiger partial charge in [0.25, 0.3) is 5.91 Å². The number of hydrogen-bond acceptors (Lipinski definition) is 5. The van der Waals surface area contributed by atoms with Gasteiger partial charge in [-0.2, -0.15) is 0 Å². The number of ether oxygens (including phenoxy) is 1. The Labute approximate surface area is 193 Å². The average Bonchev–Trinajstić information content (AvgIpc) is 2.85. The van der Waals surface area contributed by atoms with Crippen LogP contribution in [0.4, 0.5) is 17.2 Å². The predicted molar refractivity (Wildman–Crippen MR) is 132 cm³/mol. The molecule has 0 radical (unpaired) electrons. The Morgan fingerprint density at radius 1 is 0.879 bits per heavy atom. The van der Waals surface area contributed by atoms with Crippen molar-refractivity contribution < 1.29 is 9.53 Å². The molecule has 1 amide bonds. The van der Waals surface area contributed by atoms with Gasteiger partial charge in [0.1, 0.15) is 17.9 Å². The van der Waals surface area contributed by atoms with Crippen LogP contribution in [0.5, 0.6) is 5.75 Å². The lowest BCUT2D eigenvalue weighted by atomic mass is 10.1. The van der Waals surface area contributed by atoms with Gasteiger partial charge in [-0.3, -0.25) is 4.79 Å².